The van der Waals surface area contributed by atoms with E-state index >= 15 is 0 Å². The fourth-order valence-electron chi connectivity index (χ4n) is 4.55. The van der Waals surface area contributed by atoms with Crippen LogP contribution in [-0.2, 0) is 19.6 Å². The highest BCUT2D eigenvalue weighted by Gasteiger charge is 2.31. The highest BCUT2D eigenvalue weighted by Crippen LogP contribution is 2.31. The van der Waals surface area contributed by atoms with Crippen LogP contribution in [0, 0.1) is 11.3 Å². The van der Waals surface area contributed by atoms with Gasteiger partial charge in [-0.25, -0.2) is 13.2 Å². The third kappa shape index (κ3) is 6.33. The molecule has 0 atom stereocenters. The second-order valence-corrected chi connectivity index (χ2v) is 12.5. The Hall–Kier alpha value is -3.44. The van der Waals surface area contributed by atoms with E-state index in [9.17, 15) is 18.0 Å². The molecule has 0 unspecified atom stereocenters. The van der Waals surface area contributed by atoms with E-state index in [0.29, 0.717) is 56.0 Å². The molecule has 4 rings (SSSR count). The van der Waals surface area contributed by atoms with Crippen LogP contribution >= 0.6 is 0 Å². The molecule has 38 heavy (non-hydrogen) atoms. The highest BCUT2D eigenvalue weighted by molar-refractivity contribution is 7.89. The molecular formula is C27H35N5O5S. The topological polar surface area (TPSA) is 132 Å². The van der Waals surface area contributed by atoms with Crippen LogP contribution in [0.4, 0.5) is 10.5 Å². The standard InChI is InChI=1S/C27H35N5O5S/c1-27(2,3)37-26(34)30-21-5-7-22(8-6-21)38(35,36)32-15-10-19(11-16-32)20-9-12-29-24(17-20)23(18-28)25(33)31-13-4-14-31/h5-9,12,17-19,28-29H,4,10-11,13-16H2,1-3H3,(H,30,34)/b24-23+,28-18?. The molecule has 0 bridgehead atoms. The first kappa shape index (κ1) is 27.6. The Morgan fingerprint density at radius 2 is 1.76 bits per heavy atom. The molecule has 3 aliphatic heterocycles. The summed E-state index contributed by atoms with van der Waals surface area (Å²) in [5.41, 5.74) is 1.76. The Bertz CT molecular complexity index is 1280. The first-order valence-electron chi connectivity index (χ1n) is 12.8. The predicted molar refractivity (Wildman–Crippen MR) is 145 cm³/mol. The Kier molecular flexibility index (Phi) is 8.08. The quantitative estimate of drug-likeness (QED) is 0.372. The van der Waals surface area contributed by atoms with Crippen LogP contribution in [0.5, 0.6) is 0 Å². The van der Waals surface area contributed by atoms with Crippen molar-refractivity contribution in [2.75, 3.05) is 31.5 Å². The van der Waals surface area contributed by atoms with Gasteiger partial charge in [0.2, 0.25) is 10.0 Å². The number of rotatable bonds is 6. The number of sulfonamides is 1. The monoisotopic (exact) mass is 541 g/mol. The lowest BCUT2D eigenvalue weighted by atomic mass is 9.88. The van der Waals surface area contributed by atoms with E-state index in [4.69, 9.17) is 10.1 Å². The molecule has 0 saturated carbocycles. The van der Waals surface area contributed by atoms with Gasteiger partial charge >= 0.3 is 6.09 Å². The smallest absolute Gasteiger partial charge is 0.412 e. The number of hydrogen-bond donors (Lipinski definition) is 3. The van der Waals surface area contributed by atoms with Crippen LogP contribution in [0.1, 0.15) is 40.0 Å². The van der Waals surface area contributed by atoms with Crippen molar-refractivity contribution < 1.29 is 22.7 Å². The first-order chi connectivity index (χ1) is 18.0. The second kappa shape index (κ2) is 11.1. The zero-order valence-electron chi connectivity index (χ0n) is 22.0. The molecule has 10 nitrogen and oxygen atoms in total. The highest BCUT2D eigenvalue weighted by atomic mass is 32.2. The summed E-state index contributed by atoms with van der Waals surface area (Å²) >= 11 is 0. The number of anilines is 1. The normalized spacial score (nSPS) is 20.1. The van der Waals surface area contributed by atoms with Gasteiger partial charge in [-0.05, 0) is 87.9 Å². The number of amides is 2. The van der Waals surface area contributed by atoms with Crippen molar-refractivity contribution >= 4 is 33.9 Å². The number of hydrogen-bond acceptors (Lipinski definition) is 7. The number of nitrogens with zero attached hydrogens (tertiary/aromatic N) is 2. The van der Waals surface area contributed by atoms with E-state index in [1.165, 1.54) is 16.4 Å². The molecule has 0 aromatic heterocycles. The number of piperidine rings is 1. The van der Waals surface area contributed by atoms with Crippen LogP contribution < -0.4 is 10.6 Å². The number of carbonyl (C=O) groups is 2. The fourth-order valence-corrected chi connectivity index (χ4v) is 6.02. The van der Waals surface area contributed by atoms with Crippen molar-refractivity contribution in [2.24, 2.45) is 5.92 Å². The number of likely N-dealkylation sites (tertiary alicyclic amines) is 1. The minimum atomic E-state index is -3.69. The van der Waals surface area contributed by atoms with Crippen LogP contribution in [-0.4, -0.2) is 67.6 Å². The number of carbonyl (C=O) groups excluding carboxylic acids is 2. The van der Waals surface area contributed by atoms with Crippen molar-refractivity contribution in [1.29, 1.82) is 5.41 Å². The Morgan fingerprint density at radius 3 is 2.32 bits per heavy atom. The molecule has 1 aromatic carbocycles. The van der Waals surface area contributed by atoms with Crippen molar-refractivity contribution in [3.63, 3.8) is 0 Å². The lowest BCUT2D eigenvalue weighted by Gasteiger charge is -2.33. The molecule has 204 valence electrons. The summed E-state index contributed by atoms with van der Waals surface area (Å²) in [6, 6.07) is 6.06. The molecule has 2 saturated heterocycles. The fraction of sp³-hybridized carbons (Fsp3) is 0.444. The number of dihydropyridines is 1. The van der Waals surface area contributed by atoms with Gasteiger partial charge in [0.1, 0.15) is 5.60 Å². The minimum Gasteiger partial charge on any atom is -0.444 e. The molecule has 11 heteroatoms. The zero-order chi connectivity index (χ0) is 27.5. The molecule has 0 radical (unpaired) electrons. The number of ether oxygens (including phenoxy) is 1. The summed E-state index contributed by atoms with van der Waals surface area (Å²) in [5.74, 6) is -0.00539. The summed E-state index contributed by atoms with van der Waals surface area (Å²) in [6.07, 6.45) is 8.38. The van der Waals surface area contributed by atoms with Crippen LogP contribution in [0.25, 0.3) is 0 Å². The van der Waals surface area contributed by atoms with E-state index in [0.717, 1.165) is 18.2 Å². The molecular weight excluding hydrogens is 506 g/mol. The lowest BCUT2D eigenvalue weighted by Crippen LogP contribution is -2.43. The van der Waals surface area contributed by atoms with E-state index < -0.39 is 21.7 Å². The van der Waals surface area contributed by atoms with Gasteiger partial charge in [-0.2, -0.15) is 4.31 Å². The molecule has 1 aromatic rings. The maximum Gasteiger partial charge on any atom is 0.412 e. The molecule has 2 amide bonds. The second-order valence-electron chi connectivity index (χ2n) is 10.6. The predicted octanol–water partition coefficient (Wildman–Crippen LogP) is 3.61. The van der Waals surface area contributed by atoms with E-state index in [1.807, 2.05) is 12.2 Å². The van der Waals surface area contributed by atoms with Gasteiger partial charge in [-0.3, -0.25) is 10.1 Å². The Labute approximate surface area is 224 Å². The van der Waals surface area contributed by atoms with Gasteiger partial charge in [0, 0.05) is 44.3 Å². The summed E-state index contributed by atoms with van der Waals surface area (Å²) < 4.78 is 33.2. The summed E-state index contributed by atoms with van der Waals surface area (Å²) in [6.45, 7) is 7.46. The maximum absolute atomic E-state index is 13.2. The molecule has 3 aliphatic rings. The van der Waals surface area contributed by atoms with Crippen molar-refractivity contribution in [3.8, 4) is 0 Å². The largest absolute Gasteiger partial charge is 0.444 e. The number of nitrogens with one attached hydrogen (secondary N) is 3. The van der Waals surface area contributed by atoms with Gasteiger partial charge in [-0.15, -0.1) is 0 Å². The molecule has 0 spiro atoms. The van der Waals surface area contributed by atoms with Gasteiger partial charge in [0.15, 0.2) is 0 Å². The summed E-state index contributed by atoms with van der Waals surface area (Å²) in [5, 5.41) is 13.5. The van der Waals surface area contributed by atoms with Crippen LogP contribution in [0.2, 0.25) is 0 Å². The van der Waals surface area contributed by atoms with Crippen LogP contribution in [0.15, 0.2) is 64.4 Å². The van der Waals surface area contributed by atoms with Gasteiger partial charge in [0.25, 0.3) is 5.91 Å². The van der Waals surface area contributed by atoms with Crippen molar-refractivity contribution in [2.45, 2.75) is 50.5 Å². The summed E-state index contributed by atoms with van der Waals surface area (Å²) in [7, 11) is -3.69. The van der Waals surface area contributed by atoms with Crippen molar-refractivity contribution in [1.82, 2.24) is 14.5 Å². The SMILES string of the molecule is CC(C)(C)OC(=O)Nc1ccc(S(=O)(=O)N2CCC(C3=C/C(=C(/C=N)C(=O)N4CCC4)NC=C3)CC2)cc1. The van der Waals surface area contributed by atoms with Gasteiger partial charge in [-0.1, -0.05) is 0 Å². The van der Waals surface area contributed by atoms with Gasteiger partial charge < -0.3 is 20.4 Å². The van der Waals surface area contributed by atoms with Crippen molar-refractivity contribution in [3.05, 3.63) is 59.5 Å². The third-order valence-electron chi connectivity index (χ3n) is 6.70. The molecule has 3 heterocycles. The number of benzene rings is 1. The molecule has 3 N–H and O–H groups in total. The lowest BCUT2D eigenvalue weighted by molar-refractivity contribution is -0.129. The van der Waals surface area contributed by atoms with E-state index in [-0.39, 0.29) is 16.7 Å². The van der Waals surface area contributed by atoms with Crippen LogP contribution in [0.3, 0.4) is 0 Å². The Morgan fingerprint density at radius 1 is 1.11 bits per heavy atom. The van der Waals surface area contributed by atoms with Gasteiger partial charge in [0.05, 0.1) is 16.2 Å². The zero-order valence-corrected chi connectivity index (χ0v) is 22.8. The average Bonchev–Trinajstić information content (AvgIpc) is 2.83. The maximum atomic E-state index is 13.2. The molecule has 2 fully saturated rings. The van der Waals surface area contributed by atoms with E-state index in [1.54, 1.807) is 44.0 Å². The Balaban J connectivity index is 1.39. The molecule has 0 aliphatic carbocycles. The first-order valence-corrected chi connectivity index (χ1v) is 14.2. The summed E-state index contributed by atoms with van der Waals surface area (Å²) in [4.78, 5) is 26.5. The number of allylic oxidation sites excluding steroid dienone is 3. The minimum absolute atomic E-state index is 0.140. The third-order valence-corrected chi connectivity index (χ3v) is 8.61. The average molecular weight is 542 g/mol. The van der Waals surface area contributed by atoms with E-state index in [2.05, 4.69) is 10.6 Å².